The summed E-state index contributed by atoms with van der Waals surface area (Å²) in [4.78, 5) is 0. The number of nitrogen functional groups attached to an aromatic ring is 1. The molecule has 0 amide bonds. The number of hydrogen-bond acceptors (Lipinski definition) is 6. The Balaban J connectivity index is 1.61. The molecular weight excluding hydrogens is 468 g/mol. The Hall–Kier alpha value is -1.84. The normalized spacial score (nSPS) is 11.1. The summed E-state index contributed by atoms with van der Waals surface area (Å²) in [5.74, 6) is 7.14. The third-order valence-corrected chi connectivity index (χ3v) is 5.15. The summed E-state index contributed by atoms with van der Waals surface area (Å²) >= 11 is 8.39. The maximum atomic E-state index is 6.02. The molecule has 0 aliphatic rings. The number of thioether (sulfide) groups is 1. The quantitative estimate of drug-likeness (QED) is 0.238. The summed E-state index contributed by atoms with van der Waals surface area (Å²) in [6.45, 7) is 0. The first kappa shape index (κ1) is 18.0. The molecule has 3 aromatic rings. The number of nitrogens with two attached hydrogens (primary N) is 1. The molecule has 0 spiro atoms. The van der Waals surface area contributed by atoms with Crippen molar-refractivity contribution < 1.29 is 0 Å². The highest BCUT2D eigenvalue weighted by Gasteiger charge is 2.09. The van der Waals surface area contributed by atoms with E-state index < -0.39 is 0 Å². The molecule has 0 saturated carbocycles. The first-order chi connectivity index (χ1) is 12.1. The Morgan fingerprint density at radius 2 is 1.88 bits per heavy atom. The summed E-state index contributed by atoms with van der Waals surface area (Å²) in [6, 6.07) is 15.9. The van der Waals surface area contributed by atoms with Crippen LogP contribution in [0.2, 0.25) is 0 Å². The van der Waals surface area contributed by atoms with Crippen LogP contribution in [0.25, 0.3) is 0 Å². The Labute approximate surface area is 166 Å². The van der Waals surface area contributed by atoms with Gasteiger partial charge in [0, 0.05) is 14.7 Å². The van der Waals surface area contributed by atoms with E-state index in [1.807, 2.05) is 36.4 Å². The zero-order valence-corrected chi connectivity index (χ0v) is 16.9. The van der Waals surface area contributed by atoms with E-state index in [0.717, 1.165) is 20.3 Å². The molecule has 1 aromatic heterocycles. The second-order valence-electron chi connectivity index (χ2n) is 5.02. The van der Waals surface area contributed by atoms with Crippen LogP contribution in [0, 0.1) is 0 Å². The molecule has 0 radical (unpaired) electrons. The van der Waals surface area contributed by atoms with Crippen LogP contribution in [0.3, 0.4) is 0 Å². The van der Waals surface area contributed by atoms with Crippen LogP contribution in [0.15, 0.2) is 67.7 Å². The molecule has 9 heteroatoms. The van der Waals surface area contributed by atoms with Gasteiger partial charge in [0.25, 0.3) is 5.95 Å². The third-order valence-electron chi connectivity index (χ3n) is 3.15. The number of halogens is 2. The molecule has 1 heterocycles. The summed E-state index contributed by atoms with van der Waals surface area (Å²) in [5, 5.41) is 12.9. The van der Waals surface area contributed by atoms with Gasteiger partial charge in [0.1, 0.15) is 0 Å². The largest absolute Gasteiger partial charge is 0.334 e. The molecule has 0 aliphatic heterocycles. The first-order valence-electron chi connectivity index (χ1n) is 7.24. The summed E-state index contributed by atoms with van der Waals surface area (Å²) in [5.41, 5.74) is 4.93. The fraction of sp³-hybridized carbons (Fsp3) is 0.0625. The van der Waals surface area contributed by atoms with Crippen LogP contribution in [0.4, 0.5) is 5.95 Å². The van der Waals surface area contributed by atoms with E-state index in [-0.39, 0.29) is 0 Å². The number of hydrazone groups is 1. The molecule has 25 heavy (non-hydrogen) atoms. The highest BCUT2D eigenvalue weighted by Crippen LogP contribution is 2.23. The van der Waals surface area contributed by atoms with E-state index in [9.17, 15) is 0 Å². The lowest BCUT2D eigenvalue weighted by Gasteiger charge is -2.03. The average Bonchev–Trinajstić information content (AvgIpc) is 2.94. The SMILES string of the molecule is Nn1c(N/N=C/c2cccc(Br)c2)nnc1SCc1cccc(Br)c1. The van der Waals surface area contributed by atoms with Gasteiger partial charge in [-0.25, -0.2) is 10.1 Å². The minimum Gasteiger partial charge on any atom is -0.334 e. The highest BCUT2D eigenvalue weighted by molar-refractivity contribution is 9.10. The van der Waals surface area contributed by atoms with Crippen molar-refractivity contribution in [2.24, 2.45) is 5.10 Å². The van der Waals surface area contributed by atoms with Crippen LogP contribution in [-0.2, 0) is 5.75 Å². The number of hydrogen-bond donors (Lipinski definition) is 2. The van der Waals surface area contributed by atoms with E-state index in [2.05, 4.69) is 64.7 Å². The molecule has 128 valence electrons. The van der Waals surface area contributed by atoms with Crippen LogP contribution in [0.1, 0.15) is 11.1 Å². The zero-order valence-electron chi connectivity index (χ0n) is 12.9. The minimum atomic E-state index is 0.378. The third kappa shape index (κ3) is 5.07. The van der Waals surface area contributed by atoms with E-state index in [1.54, 1.807) is 6.21 Å². The van der Waals surface area contributed by atoms with Crippen molar-refractivity contribution >= 4 is 55.8 Å². The molecule has 0 unspecified atom stereocenters. The zero-order chi connectivity index (χ0) is 17.6. The van der Waals surface area contributed by atoms with E-state index in [0.29, 0.717) is 11.1 Å². The highest BCUT2D eigenvalue weighted by atomic mass is 79.9. The van der Waals surface area contributed by atoms with Crippen molar-refractivity contribution in [1.29, 1.82) is 0 Å². The first-order valence-corrected chi connectivity index (χ1v) is 9.81. The molecular formula is C16H14Br2N6S. The topological polar surface area (TPSA) is 81.1 Å². The maximum Gasteiger partial charge on any atom is 0.264 e. The van der Waals surface area contributed by atoms with Gasteiger partial charge in [0.15, 0.2) is 0 Å². The molecule has 0 aliphatic carbocycles. The average molecular weight is 482 g/mol. The molecule has 6 nitrogen and oxygen atoms in total. The minimum absolute atomic E-state index is 0.378. The fourth-order valence-corrected chi connectivity index (χ4v) is 3.64. The van der Waals surface area contributed by atoms with E-state index >= 15 is 0 Å². The Morgan fingerprint density at radius 1 is 1.12 bits per heavy atom. The number of aromatic nitrogens is 3. The Morgan fingerprint density at radius 3 is 2.64 bits per heavy atom. The molecule has 0 fully saturated rings. The van der Waals surface area contributed by atoms with Crippen molar-refractivity contribution in [3.8, 4) is 0 Å². The fourth-order valence-electron chi connectivity index (χ4n) is 1.98. The van der Waals surface area contributed by atoms with Gasteiger partial charge in [0.2, 0.25) is 5.16 Å². The van der Waals surface area contributed by atoms with Crippen LogP contribution < -0.4 is 11.3 Å². The van der Waals surface area contributed by atoms with Gasteiger partial charge in [0.05, 0.1) is 6.21 Å². The van der Waals surface area contributed by atoms with E-state index in [1.165, 1.54) is 22.0 Å². The second kappa shape index (κ2) is 8.50. The lowest BCUT2D eigenvalue weighted by atomic mass is 10.2. The van der Waals surface area contributed by atoms with E-state index in [4.69, 9.17) is 5.84 Å². The van der Waals surface area contributed by atoms with Gasteiger partial charge in [-0.15, -0.1) is 10.2 Å². The van der Waals surface area contributed by atoms with Crippen LogP contribution in [0.5, 0.6) is 0 Å². The smallest absolute Gasteiger partial charge is 0.264 e. The van der Waals surface area contributed by atoms with Gasteiger partial charge < -0.3 is 5.84 Å². The van der Waals surface area contributed by atoms with Gasteiger partial charge in [-0.2, -0.15) is 5.10 Å². The van der Waals surface area contributed by atoms with Crippen molar-refractivity contribution in [2.75, 3.05) is 11.3 Å². The molecule has 3 rings (SSSR count). The number of benzene rings is 2. The predicted octanol–water partition coefficient (Wildman–Crippen LogP) is 4.26. The number of anilines is 1. The summed E-state index contributed by atoms with van der Waals surface area (Å²) in [7, 11) is 0. The van der Waals surface area contributed by atoms with Crippen molar-refractivity contribution in [3.63, 3.8) is 0 Å². The molecule has 0 bridgehead atoms. The van der Waals surface area contributed by atoms with Gasteiger partial charge in [-0.3, -0.25) is 0 Å². The number of rotatable bonds is 6. The van der Waals surface area contributed by atoms with Gasteiger partial charge >= 0.3 is 0 Å². The molecule has 3 N–H and O–H groups in total. The Kier molecular flexibility index (Phi) is 6.11. The lowest BCUT2D eigenvalue weighted by Crippen LogP contribution is -2.13. The monoisotopic (exact) mass is 480 g/mol. The summed E-state index contributed by atoms with van der Waals surface area (Å²) < 4.78 is 3.43. The lowest BCUT2D eigenvalue weighted by molar-refractivity contribution is 0.847. The molecule has 0 atom stereocenters. The van der Waals surface area contributed by atoms with Crippen LogP contribution >= 0.6 is 43.6 Å². The van der Waals surface area contributed by atoms with Gasteiger partial charge in [-0.1, -0.05) is 67.9 Å². The van der Waals surface area contributed by atoms with Gasteiger partial charge in [-0.05, 0) is 35.4 Å². The maximum absolute atomic E-state index is 6.02. The second-order valence-corrected chi connectivity index (χ2v) is 7.79. The Bertz CT molecular complexity index is 896. The number of nitrogens with zero attached hydrogens (tertiary/aromatic N) is 4. The van der Waals surface area contributed by atoms with Crippen LogP contribution in [-0.4, -0.2) is 21.1 Å². The molecule has 2 aromatic carbocycles. The summed E-state index contributed by atoms with van der Waals surface area (Å²) in [6.07, 6.45) is 1.69. The standard InChI is InChI=1S/C16H14Br2N6S/c17-13-5-1-3-11(7-13)9-20-21-15-22-23-16(24(15)19)25-10-12-4-2-6-14(18)8-12/h1-9H,10,19H2,(H,21,22)/b20-9+. The van der Waals surface area contributed by atoms with Crippen molar-refractivity contribution in [1.82, 2.24) is 14.9 Å². The van der Waals surface area contributed by atoms with Crippen molar-refractivity contribution in [3.05, 3.63) is 68.6 Å². The van der Waals surface area contributed by atoms with Crippen molar-refractivity contribution in [2.45, 2.75) is 10.9 Å². The predicted molar refractivity (Wildman–Crippen MR) is 109 cm³/mol. The molecule has 0 saturated heterocycles. The number of nitrogens with one attached hydrogen (secondary N) is 1.